The van der Waals surface area contributed by atoms with Gasteiger partial charge in [-0.05, 0) is 24.7 Å². The lowest BCUT2D eigenvalue weighted by atomic mass is 9.94. The van der Waals surface area contributed by atoms with Gasteiger partial charge in [0.25, 0.3) is 0 Å². The molecule has 1 fully saturated rings. The Labute approximate surface area is 93.9 Å². The summed E-state index contributed by atoms with van der Waals surface area (Å²) >= 11 is 0. The molecule has 0 radical (unpaired) electrons. The maximum Gasteiger partial charge on any atom is 0.214 e. The van der Waals surface area contributed by atoms with Crippen molar-refractivity contribution in [1.29, 1.82) is 0 Å². The lowest BCUT2D eigenvalue weighted by Crippen LogP contribution is -2.37. The van der Waals surface area contributed by atoms with E-state index in [1.807, 2.05) is 0 Å². The first-order chi connectivity index (χ1) is 6.81. The van der Waals surface area contributed by atoms with Crippen LogP contribution in [0.3, 0.4) is 0 Å². The number of sulfonamides is 1. The molecule has 1 aliphatic heterocycles. The highest BCUT2D eigenvalue weighted by Gasteiger charge is 2.25. The van der Waals surface area contributed by atoms with Crippen LogP contribution in [0.25, 0.3) is 0 Å². The summed E-state index contributed by atoms with van der Waals surface area (Å²) in [6.45, 7) is 7.70. The van der Waals surface area contributed by atoms with Crippen molar-refractivity contribution in [2.75, 3.05) is 18.8 Å². The Morgan fingerprint density at radius 3 is 2.07 bits per heavy atom. The first-order valence-electron chi connectivity index (χ1n) is 5.79. The average molecular weight is 233 g/mol. The largest absolute Gasteiger partial charge is 0.214 e. The Bertz CT molecular complexity index is 284. The first kappa shape index (κ1) is 13.0. The van der Waals surface area contributed by atoms with Crippen molar-refractivity contribution in [3.05, 3.63) is 0 Å². The van der Waals surface area contributed by atoms with Gasteiger partial charge in [-0.25, -0.2) is 12.7 Å². The van der Waals surface area contributed by atoms with Crippen molar-refractivity contribution in [3.63, 3.8) is 0 Å². The Kier molecular flexibility index (Phi) is 4.18. The van der Waals surface area contributed by atoms with Crippen molar-refractivity contribution < 1.29 is 8.42 Å². The van der Waals surface area contributed by atoms with E-state index in [1.165, 1.54) is 6.42 Å². The van der Waals surface area contributed by atoms with Crippen LogP contribution in [0.5, 0.6) is 0 Å². The molecule has 0 aromatic rings. The monoisotopic (exact) mass is 233 g/mol. The van der Waals surface area contributed by atoms with Crippen LogP contribution >= 0.6 is 0 Å². The van der Waals surface area contributed by atoms with Crippen LogP contribution in [-0.2, 0) is 10.0 Å². The van der Waals surface area contributed by atoms with Crippen LogP contribution in [0.2, 0.25) is 0 Å². The van der Waals surface area contributed by atoms with Gasteiger partial charge in [0.05, 0.1) is 5.75 Å². The summed E-state index contributed by atoms with van der Waals surface area (Å²) < 4.78 is 25.6. The molecule has 1 aliphatic rings. The summed E-state index contributed by atoms with van der Waals surface area (Å²) in [5.74, 6) is 0.302. The lowest BCUT2D eigenvalue weighted by Gasteiger charge is -2.27. The molecular formula is C11H23NO2S. The normalized spacial score (nSPS) is 20.5. The number of rotatable bonds is 3. The zero-order valence-electron chi connectivity index (χ0n) is 10.1. The van der Waals surface area contributed by atoms with Gasteiger partial charge in [-0.2, -0.15) is 0 Å². The van der Waals surface area contributed by atoms with Crippen LogP contribution in [-0.4, -0.2) is 31.6 Å². The highest BCUT2D eigenvalue weighted by Crippen LogP contribution is 2.21. The van der Waals surface area contributed by atoms with Crippen molar-refractivity contribution in [2.24, 2.45) is 5.41 Å². The number of nitrogens with zero attached hydrogens (tertiary/aromatic N) is 1. The van der Waals surface area contributed by atoms with Gasteiger partial charge in [0.2, 0.25) is 10.0 Å². The van der Waals surface area contributed by atoms with E-state index in [-0.39, 0.29) is 5.41 Å². The van der Waals surface area contributed by atoms with Crippen molar-refractivity contribution >= 4 is 10.0 Å². The van der Waals surface area contributed by atoms with Gasteiger partial charge in [-0.1, -0.05) is 27.2 Å². The summed E-state index contributed by atoms with van der Waals surface area (Å²) in [4.78, 5) is 0. The quantitative estimate of drug-likeness (QED) is 0.749. The molecule has 0 bridgehead atoms. The van der Waals surface area contributed by atoms with Gasteiger partial charge >= 0.3 is 0 Å². The maximum atomic E-state index is 12.0. The minimum Gasteiger partial charge on any atom is -0.212 e. The fourth-order valence-corrected chi connectivity index (χ4v) is 3.65. The second-order valence-electron chi connectivity index (χ2n) is 5.59. The number of piperidine rings is 1. The molecule has 3 nitrogen and oxygen atoms in total. The highest BCUT2D eigenvalue weighted by atomic mass is 32.2. The predicted molar refractivity (Wildman–Crippen MR) is 63.3 cm³/mol. The van der Waals surface area contributed by atoms with E-state index in [0.29, 0.717) is 5.75 Å². The summed E-state index contributed by atoms with van der Waals surface area (Å²) in [5.41, 5.74) is 0.100. The molecule has 0 aliphatic carbocycles. The molecule has 0 N–H and O–H groups in total. The van der Waals surface area contributed by atoms with Gasteiger partial charge in [-0.3, -0.25) is 0 Å². The zero-order valence-corrected chi connectivity index (χ0v) is 10.9. The van der Waals surface area contributed by atoms with Crippen molar-refractivity contribution in [3.8, 4) is 0 Å². The molecule has 0 spiro atoms. The number of hydrogen-bond acceptors (Lipinski definition) is 2. The van der Waals surface area contributed by atoms with Gasteiger partial charge in [0.15, 0.2) is 0 Å². The van der Waals surface area contributed by atoms with Gasteiger partial charge < -0.3 is 0 Å². The molecule has 1 rings (SSSR count). The second-order valence-corrected chi connectivity index (χ2v) is 7.67. The summed E-state index contributed by atoms with van der Waals surface area (Å²) in [6.07, 6.45) is 3.96. The zero-order chi connectivity index (χ0) is 11.5. The summed E-state index contributed by atoms with van der Waals surface area (Å²) in [7, 11) is -2.98. The van der Waals surface area contributed by atoms with Gasteiger partial charge in [0, 0.05) is 13.1 Å². The average Bonchev–Trinajstić information content (AvgIpc) is 2.16. The first-order valence-corrected chi connectivity index (χ1v) is 7.40. The van der Waals surface area contributed by atoms with E-state index in [0.717, 1.165) is 32.4 Å². The molecule has 1 saturated heterocycles. The summed E-state index contributed by atoms with van der Waals surface area (Å²) in [5, 5.41) is 0. The molecule has 0 atom stereocenters. The Hall–Kier alpha value is -0.0900. The molecule has 90 valence electrons. The third kappa shape index (κ3) is 4.51. The molecule has 1 heterocycles. The van der Waals surface area contributed by atoms with Crippen LogP contribution in [0.15, 0.2) is 0 Å². The van der Waals surface area contributed by atoms with Crippen LogP contribution in [0, 0.1) is 5.41 Å². The molecular weight excluding hydrogens is 210 g/mol. The molecule has 0 aromatic heterocycles. The third-order valence-electron chi connectivity index (χ3n) is 2.82. The smallest absolute Gasteiger partial charge is 0.212 e. The van der Waals surface area contributed by atoms with Crippen molar-refractivity contribution in [1.82, 2.24) is 4.31 Å². The lowest BCUT2D eigenvalue weighted by molar-refractivity contribution is 0.338. The van der Waals surface area contributed by atoms with Crippen LogP contribution in [0.4, 0.5) is 0 Å². The minimum absolute atomic E-state index is 0.100. The van der Waals surface area contributed by atoms with E-state index < -0.39 is 10.0 Å². The van der Waals surface area contributed by atoms with E-state index in [2.05, 4.69) is 20.8 Å². The molecule has 0 unspecified atom stereocenters. The summed E-state index contributed by atoms with van der Waals surface area (Å²) in [6, 6.07) is 0. The molecule has 0 saturated carbocycles. The van der Waals surface area contributed by atoms with E-state index in [9.17, 15) is 8.42 Å². The van der Waals surface area contributed by atoms with Gasteiger partial charge in [-0.15, -0.1) is 0 Å². The van der Waals surface area contributed by atoms with Crippen LogP contribution in [0.1, 0.15) is 46.5 Å². The fraction of sp³-hybridized carbons (Fsp3) is 1.00. The highest BCUT2D eigenvalue weighted by molar-refractivity contribution is 7.89. The van der Waals surface area contributed by atoms with E-state index >= 15 is 0 Å². The Morgan fingerprint density at radius 2 is 1.60 bits per heavy atom. The minimum atomic E-state index is -2.98. The topological polar surface area (TPSA) is 37.4 Å². The van der Waals surface area contributed by atoms with Gasteiger partial charge in [0.1, 0.15) is 0 Å². The Morgan fingerprint density at radius 1 is 1.07 bits per heavy atom. The van der Waals surface area contributed by atoms with Crippen molar-refractivity contribution in [2.45, 2.75) is 46.5 Å². The third-order valence-corrected chi connectivity index (χ3v) is 4.69. The van der Waals surface area contributed by atoms with E-state index in [4.69, 9.17) is 0 Å². The predicted octanol–water partition coefficient (Wildman–Crippen LogP) is 2.24. The molecule has 0 amide bonds. The standard InChI is InChI=1S/C11H23NO2S/c1-11(2,3)7-10-15(13,14)12-8-5-4-6-9-12/h4-10H2,1-3H3. The fourth-order valence-electron chi connectivity index (χ4n) is 1.71. The molecule has 4 heteroatoms. The van der Waals surface area contributed by atoms with E-state index in [1.54, 1.807) is 4.31 Å². The van der Waals surface area contributed by atoms with Crippen LogP contribution < -0.4 is 0 Å². The second kappa shape index (κ2) is 4.83. The Balaban J connectivity index is 2.51. The number of hydrogen-bond donors (Lipinski definition) is 0. The molecule has 15 heavy (non-hydrogen) atoms. The SMILES string of the molecule is CC(C)(C)CCS(=O)(=O)N1CCCCC1. The molecule has 0 aromatic carbocycles. The maximum absolute atomic E-state index is 12.0.